The Bertz CT molecular complexity index is 6490. The number of rotatable bonds is 10. The molecule has 12 nitrogen and oxygen atoms in total. The molecule has 0 atom stereocenters. The highest BCUT2D eigenvalue weighted by Gasteiger charge is 2.21. The molecule has 6 aromatic heterocycles. The SMILES string of the molecule is Clc1ccc2c(c1)c1ccc(-c3nc(-c4ccccc4)nc(-c4ccccc4)n3)cc1n2-c1ccccc1.OB(O)c1ccc2oc3ccccc3c2c1.[2HH].c1ccc(-c2nc(-c3ccccc3)nc(-c3ccc4c5cc(-c6ccc7oc8ccccc8c7c6)ccc5n(-c5ccccc5)c4c3)n2)cc1. The third-order valence-corrected chi connectivity index (χ3v) is 19.1. The van der Waals surface area contributed by atoms with Gasteiger partial charge in [0.2, 0.25) is 0 Å². The van der Waals surface area contributed by atoms with Crippen molar-refractivity contribution in [3.63, 3.8) is 0 Å². The predicted octanol–water partition coefficient (Wildman–Crippen LogP) is 21.7. The Balaban J connectivity index is 0.000000130. The summed E-state index contributed by atoms with van der Waals surface area (Å²) >= 11 is 6.42. The van der Waals surface area contributed by atoms with Crippen LogP contribution in [0.15, 0.2) is 349 Å². The van der Waals surface area contributed by atoms with Gasteiger partial charge in [0.05, 0.1) is 22.1 Å². The van der Waals surface area contributed by atoms with E-state index in [1.54, 1.807) is 18.2 Å². The fraction of sp³-hybridized carbons (Fsp3) is 0. The van der Waals surface area contributed by atoms with Crippen LogP contribution in [-0.2, 0) is 0 Å². The van der Waals surface area contributed by atoms with E-state index in [4.69, 9.17) is 60.4 Å². The zero-order valence-corrected chi connectivity index (χ0v) is 56.3. The first-order valence-corrected chi connectivity index (χ1v) is 34.5. The summed E-state index contributed by atoms with van der Waals surface area (Å²) in [6.45, 7) is 0. The molecule has 0 aliphatic carbocycles. The number of furan rings is 2. The summed E-state index contributed by atoms with van der Waals surface area (Å²) in [5.74, 6) is 3.83. The Morgan fingerprint density at radius 3 is 1.01 bits per heavy atom. The first-order valence-electron chi connectivity index (χ1n) is 34.1. The standard InChI is InChI=1S/C45H28N4O.C33H21ClN4.C12H9BO3.H2/c1-4-12-29(13-5-1)43-46-44(30-14-6-2-7-15-30)48-45(47-43)33-20-23-35-37-26-31(21-24-39(37)49(40(35)28-33)34-16-8-3-9-17-34)32-22-25-42-38(27-32)36-18-10-11-19-41(36)50-42;34-25-17-19-29-28(21-25)27-18-16-24(20-30(27)38(29)26-14-8-3-9-15-26)33-36-31(22-10-4-1-5-11-22)35-32(37-33)23-12-6-2-7-13-23;14-13(15)8-5-6-12-10(7-8)9-3-1-2-4-11(9)16-12;/h1-28H;1-21H;1-7,14-15H;1H/i;;;1+1. The molecular formula is C90H60BClN8O4. The summed E-state index contributed by atoms with van der Waals surface area (Å²) in [5.41, 5.74) is 18.3. The largest absolute Gasteiger partial charge is 0.488 e. The van der Waals surface area contributed by atoms with Crippen molar-refractivity contribution in [2.45, 2.75) is 0 Å². The second-order valence-corrected chi connectivity index (χ2v) is 25.7. The quantitative estimate of drug-likeness (QED) is 0.127. The van der Waals surface area contributed by atoms with Gasteiger partial charge in [0.25, 0.3) is 0 Å². The number of para-hydroxylation sites is 4. The summed E-state index contributed by atoms with van der Waals surface area (Å²) in [5, 5.41) is 27.6. The molecule has 0 aliphatic rings. The zero-order valence-electron chi connectivity index (χ0n) is 55.6. The normalized spacial score (nSPS) is 11.4. The van der Waals surface area contributed by atoms with Gasteiger partial charge in [-0.15, -0.1) is 0 Å². The topological polar surface area (TPSA) is 154 Å². The average molecular weight is 1360 g/mol. The van der Waals surface area contributed by atoms with Crippen LogP contribution in [0, 0.1) is 0 Å². The molecule has 6 heterocycles. The average Bonchev–Trinajstić information content (AvgIpc) is 1.58. The molecule has 494 valence electrons. The van der Waals surface area contributed by atoms with Gasteiger partial charge in [0.1, 0.15) is 22.3 Å². The molecule has 0 amide bonds. The van der Waals surface area contributed by atoms with Crippen LogP contribution in [-0.4, -0.2) is 56.2 Å². The third-order valence-electron chi connectivity index (χ3n) is 18.8. The number of benzene rings is 14. The molecule has 20 aromatic rings. The molecule has 0 fully saturated rings. The van der Waals surface area contributed by atoms with Gasteiger partial charge in [-0.3, -0.25) is 0 Å². The molecule has 104 heavy (non-hydrogen) atoms. The van der Waals surface area contributed by atoms with E-state index in [-0.39, 0.29) is 1.43 Å². The second-order valence-electron chi connectivity index (χ2n) is 25.3. The van der Waals surface area contributed by atoms with Crippen LogP contribution in [0.2, 0.25) is 5.02 Å². The van der Waals surface area contributed by atoms with Crippen LogP contribution >= 0.6 is 11.6 Å². The molecule has 0 unspecified atom stereocenters. The Labute approximate surface area is 603 Å². The number of hydrogen-bond acceptors (Lipinski definition) is 10. The maximum atomic E-state index is 9.12. The molecule has 14 heteroatoms. The summed E-state index contributed by atoms with van der Waals surface area (Å²) in [6, 6.07) is 114. The highest BCUT2D eigenvalue weighted by Crippen LogP contribution is 2.41. The summed E-state index contributed by atoms with van der Waals surface area (Å²) < 4.78 is 16.3. The lowest BCUT2D eigenvalue weighted by molar-refractivity contribution is 0.426. The lowest BCUT2D eigenvalue weighted by Crippen LogP contribution is -2.29. The van der Waals surface area contributed by atoms with E-state index in [2.05, 4.69) is 155 Å². The van der Waals surface area contributed by atoms with Gasteiger partial charge < -0.3 is 28.0 Å². The molecule has 20 rings (SSSR count). The number of nitrogens with zero attached hydrogens (tertiary/aromatic N) is 8. The van der Waals surface area contributed by atoms with Crippen LogP contribution in [0.1, 0.15) is 1.43 Å². The minimum Gasteiger partial charge on any atom is -0.456 e. The summed E-state index contributed by atoms with van der Waals surface area (Å²) in [7, 11) is -1.45. The number of halogens is 1. The van der Waals surface area contributed by atoms with Crippen LogP contribution in [0.3, 0.4) is 0 Å². The fourth-order valence-electron chi connectivity index (χ4n) is 13.9. The molecule has 0 spiro atoms. The fourth-order valence-corrected chi connectivity index (χ4v) is 14.0. The number of aromatic nitrogens is 8. The first kappa shape index (κ1) is 62.8. The molecular weight excluding hydrogens is 1300 g/mol. The van der Waals surface area contributed by atoms with E-state index in [1.165, 1.54) is 5.39 Å². The zero-order chi connectivity index (χ0) is 69.6. The van der Waals surface area contributed by atoms with E-state index >= 15 is 0 Å². The predicted molar refractivity (Wildman–Crippen MR) is 424 cm³/mol. The van der Waals surface area contributed by atoms with Crippen LogP contribution in [0.4, 0.5) is 0 Å². The lowest BCUT2D eigenvalue weighted by Gasteiger charge is -2.10. The Hall–Kier alpha value is -13.4. The van der Waals surface area contributed by atoms with Gasteiger partial charge >= 0.3 is 7.12 Å². The minimum atomic E-state index is -1.45. The Morgan fingerprint density at radius 2 is 0.577 bits per heavy atom. The van der Waals surface area contributed by atoms with Gasteiger partial charge in [0, 0.05) is 94.3 Å². The van der Waals surface area contributed by atoms with E-state index in [0.717, 1.165) is 138 Å². The van der Waals surface area contributed by atoms with Crippen molar-refractivity contribution in [3.05, 3.63) is 345 Å². The van der Waals surface area contributed by atoms with Gasteiger partial charge in [0.15, 0.2) is 34.9 Å². The molecule has 0 saturated carbocycles. The summed E-state index contributed by atoms with van der Waals surface area (Å²) in [6.07, 6.45) is 0. The van der Waals surface area contributed by atoms with E-state index in [1.807, 2.05) is 176 Å². The number of hydrogen-bond donors (Lipinski definition) is 2. The number of fused-ring (bicyclic) bond motifs is 12. The van der Waals surface area contributed by atoms with Crippen molar-refractivity contribution < 1.29 is 20.3 Å². The van der Waals surface area contributed by atoms with Crippen molar-refractivity contribution in [2.24, 2.45) is 0 Å². The molecule has 0 bridgehead atoms. The van der Waals surface area contributed by atoms with Crippen LogP contribution in [0.25, 0.3) is 178 Å². The highest BCUT2D eigenvalue weighted by molar-refractivity contribution is 6.59. The van der Waals surface area contributed by atoms with Gasteiger partial charge in [-0.1, -0.05) is 254 Å². The molecule has 0 aliphatic heterocycles. The van der Waals surface area contributed by atoms with Gasteiger partial charge in [-0.05, 0) is 114 Å². The minimum absolute atomic E-state index is 0. The van der Waals surface area contributed by atoms with Crippen molar-refractivity contribution >= 4 is 112 Å². The lowest BCUT2D eigenvalue weighted by atomic mass is 9.80. The molecule has 0 saturated heterocycles. The molecule has 2 N–H and O–H groups in total. The van der Waals surface area contributed by atoms with Crippen LogP contribution < -0.4 is 5.46 Å². The van der Waals surface area contributed by atoms with Gasteiger partial charge in [-0.25, -0.2) is 29.9 Å². The van der Waals surface area contributed by atoms with E-state index in [0.29, 0.717) is 45.4 Å². The van der Waals surface area contributed by atoms with Crippen LogP contribution in [0.5, 0.6) is 0 Å². The van der Waals surface area contributed by atoms with E-state index < -0.39 is 7.12 Å². The summed E-state index contributed by atoms with van der Waals surface area (Å²) in [4.78, 5) is 29.6. The Morgan fingerprint density at radius 1 is 0.250 bits per heavy atom. The van der Waals surface area contributed by atoms with E-state index in [9.17, 15) is 0 Å². The smallest absolute Gasteiger partial charge is 0.456 e. The third kappa shape index (κ3) is 11.9. The maximum Gasteiger partial charge on any atom is 0.488 e. The Kier molecular flexibility index (Phi) is 16.3. The van der Waals surface area contributed by atoms with Gasteiger partial charge in [-0.2, -0.15) is 0 Å². The molecule has 14 aromatic carbocycles. The molecule has 0 radical (unpaired) electrons. The second kappa shape index (κ2) is 26.9. The first-order chi connectivity index (χ1) is 51.3. The maximum absolute atomic E-state index is 9.12. The van der Waals surface area contributed by atoms with Crippen molar-refractivity contribution in [1.29, 1.82) is 0 Å². The highest BCUT2D eigenvalue weighted by atomic mass is 35.5. The monoisotopic (exact) mass is 1360 g/mol. The van der Waals surface area contributed by atoms with Crippen molar-refractivity contribution in [1.82, 2.24) is 39.0 Å². The van der Waals surface area contributed by atoms with Crippen molar-refractivity contribution in [2.75, 3.05) is 0 Å². The van der Waals surface area contributed by atoms with Crippen molar-refractivity contribution in [3.8, 4) is 90.8 Å².